The van der Waals surface area contributed by atoms with E-state index in [2.05, 4.69) is 40.1 Å². The smallest absolute Gasteiger partial charge is 0.246 e. The lowest BCUT2D eigenvalue weighted by molar-refractivity contribution is -0.145. The number of hydrogen-bond acceptors (Lipinski definition) is 9. The second-order valence-electron chi connectivity index (χ2n) is 12.4. The highest BCUT2D eigenvalue weighted by atomic mass is 32.2. The first-order valence-electron chi connectivity index (χ1n) is 15.2. The van der Waals surface area contributed by atoms with Crippen LogP contribution in [0.3, 0.4) is 0 Å². The Morgan fingerprint density at radius 1 is 1.26 bits per heavy atom. The van der Waals surface area contributed by atoms with Crippen molar-refractivity contribution in [2.45, 2.75) is 85.2 Å². The molecule has 1 aromatic carbocycles. The van der Waals surface area contributed by atoms with E-state index in [1.165, 1.54) is 12.1 Å². The minimum absolute atomic E-state index is 0.00368. The lowest BCUT2D eigenvalue weighted by atomic mass is 9.72. The molecule has 226 valence electrons. The highest BCUT2D eigenvalue weighted by Gasteiger charge is 2.55. The first-order valence-corrected chi connectivity index (χ1v) is 16.0. The molecule has 0 aromatic heterocycles. The molecular weight excluding hydrogens is 555 g/mol. The van der Waals surface area contributed by atoms with Crippen molar-refractivity contribution >= 4 is 23.5 Å². The zero-order valence-corrected chi connectivity index (χ0v) is 25.1. The van der Waals surface area contributed by atoms with Gasteiger partial charge in [0.25, 0.3) is 0 Å². The number of nitrogens with one attached hydrogen (secondary N) is 2. The molecule has 1 aliphatic carbocycles. The molecule has 7 atom stereocenters. The highest BCUT2D eigenvalue weighted by Crippen LogP contribution is 2.51. The molecule has 42 heavy (non-hydrogen) atoms. The molecule has 0 radical (unpaired) electrons. The van der Waals surface area contributed by atoms with Crippen molar-refractivity contribution in [3.63, 3.8) is 0 Å². The van der Waals surface area contributed by atoms with Crippen molar-refractivity contribution in [1.29, 1.82) is 5.26 Å². The van der Waals surface area contributed by atoms with E-state index in [4.69, 9.17) is 4.74 Å². The predicted octanol–water partition coefficient (Wildman–Crippen LogP) is 2.48. The number of hydrogen-bond donors (Lipinski definition) is 2. The topological polar surface area (TPSA) is 101 Å². The molecular formula is C31H41FN6O3S. The zero-order chi connectivity index (χ0) is 29.4. The van der Waals surface area contributed by atoms with Gasteiger partial charge in [0.1, 0.15) is 5.82 Å². The van der Waals surface area contributed by atoms with Crippen LogP contribution in [0.2, 0.25) is 0 Å². The summed E-state index contributed by atoms with van der Waals surface area (Å²) in [4.78, 5) is 34.2. The Hall–Kier alpha value is -2.33. The second kappa shape index (κ2) is 12.3. The third-order valence-electron chi connectivity index (χ3n) is 10.1. The number of fused-ring (bicyclic) bond motifs is 2. The van der Waals surface area contributed by atoms with Crippen LogP contribution in [-0.2, 0) is 20.7 Å². The SMILES string of the molecule is C=CC(=O)N1CCN(C2NC(OCC3CCCN3C)NC3C(=O)[C@@]4(CCc5ccc(F)cc5S4)CCC32)CC1CC#N. The lowest BCUT2D eigenvalue weighted by Crippen LogP contribution is -2.75. The monoisotopic (exact) mass is 596 g/mol. The largest absolute Gasteiger partial charge is 0.348 e. The first kappa shape index (κ1) is 29.7. The Bertz CT molecular complexity index is 1260. The second-order valence-corrected chi connectivity index (χ2v) is 13.8. The van der Waals surface area contributed by atoms with Gasteiger partial charge in [-0.25, -0.2) is 4.39 Å². The number of nitrogens with zero attached hydrogens (tertiary/aromatic N) is 4. The molecule has 1 aromatic rings. The van der Waals surface area contributed by atoms with Crippen LogP contribution < -0.4 is 10.6 Å². The van der Waals surface area contributed by atoms with Crippen LogP contribution in [0, 0.1) is 23.1 Å². The Kier molecular flexibility index (Phi) is 8.74. The fourth-order valence-electron chi connectivity index (χ4n) is 7.66. The summed E-state index contributed by atoms with van der Waals surface area (Å²) in [5.41, 5.74) is 1.11. The molecule has 5 aliphatic rings. The fourth-order valence-corrected chi connectivity index (χ4v) is 9.21. The van der Waals surface area contributed by atoms with Crippen molar-refractivity contribution in [3.8, 4) is 6.07 Å². The number of halogens is 1. The lowest BCUT2D eigenvalue weighted by Gasteiger charge is -2.55. The van der Waals surface area contributed by atoms with E-state index in [-0.39, 0.29) is 42.1 Å². The number of ether oxygens (including phenoxy) is 1. The van der Waals surface area contributed by atoms with E-state index < -0.39 is 17.1 Å². The van der Waals surface area contributed by atoms with E-state index in [0.717, 1.165) is 55.5 Å². The molecule has 4 aliphatic heterocycles. The number of amides is 1. The van der Waals surface area contributed by atoms with E-state index in [1.54, 1.807) is 22.7 Å². The van der Waals surface area contributed by atoms with E-state index in [1.807, 2.05) is 6.07 Å². The number of carbonyl (C=O) groups excluding carboxylic acids is 2. The van der Waals surface area contributed by atoms with Crippen LogP contribution in [-0.4, -0.2) is 102 Å². The van der Waals surface area contributed by atoms with Gasteiger partial charge in [0.2, 0.25) is 5.91 Å². The number of benzene rings is 1. The zero-order valence-electron chi connectivity index (χ0n) is 24.3. The molecule has 6 unspecified atom stereocenters. The van der Waals surface area contributed by atoms with Gasteiger partial charge < -0.3 is 14.5 Å². The molecule has 11 heteroatoms. The summed E-state index contributed by atoms with van der Waals surface area (Å²) in [7, 11) is 2.12. The highest BCUT2D eigenvalue weighted by molar-refractivity contribution is 8.01. The van der Waals surface area contributed by atoms with Crippen LogP contribution in [0.4, 0.5) is 4.39 Å². The van der Waals surface area contributed by atoms with Crippen molar-refractivity contribution in [2.24, 2.45) is 5.92 Å². The first-order chi connectivity index (χ1) is 20.3. The number of ketones is 1. The third kappa shape index (κ3) is 5.65. The van der Waals surface area contributed by atoms with Crippen LogP contribution in [0.15, 0.2) is 35.7 Å². The van der Waals surface area contributed by atoms with Gasteiger partial charge in [-0.15, -0.1) is 11.8 Å². The van der Waals surface area contributed by atoms with Crippen LogP contribution in [0.1, 0.15) is 44.1 Å². The number of Topliss-reactive ketones (excluding diaryl/α,β-unsaturated/α-hetero) is 1. The number of piperazine rings is 1. The summed E-state index contributed by atoms with van der Waals surface area (Å²) in [6.07, 6.45) is 6.17. The standard InChI is InChI=1S/C31H41FN6O3S/c1-3-26(39)38-16-15-37(18-22(38)10-13-33)29-24-9-12-31(11-8-20-6-7-21(32)17-25(20)42-31)28(40)27(24)34-30(35-29)41-19-23-5-4-14-36(23)2/h3,6-7,17,22-24,27,29-30,34-35H,1,4-5,8-12,14-16,18-19H2,2H3/t22?,23?,24?,27?,29?,30?,31-/m1/s1. The van der Waals surface area contributed by atoms with Gasteiger partial charge in [0.05, 0.1) is 42.1 Å². The molecule has 3 saturated heterocycles. The van der Waals surface area contributed by atoms with E-state index >= 15 is 0 Å². The Balaban J connectivity index is 1.24. The summed E-state index contributed by atoms with van der Waals surface area (Å²) in [5.74, 6) is -0.263. The summed E-state index contributed by atoms with van der Waals surface area (Å²) in [6, 6.07) is 6.84. The number of likely N-dealkylation sites (N-methyl/N-ethyl adjacent to an activating group) is 1. The summed E-state index contributed by atoms with van der Waals surface area (Å²) in [6.45, 7) is 6.91. The molecule has 9 nitrogen and oxygen atoms in total. The van der Waals surface area contributed by atoms with Crippen LogP contribution in [0.25, 0.3) is 0 Å². The quantitative estimate of drug-likeness (QED) is 0.480. The maximum Gasteiger partial charge on any atom is 0.246 e. The number of nitriles is 1. The van der Waals surface area contributed by atoms with Crippen molar-refractivity contribution in [3.05, 3.63) is 42.2 Å². The van der Waals surface area contributed by atoms with Crippen molar-refractivity contribution < 1.29 is 18.7 Å². The minimum atomic E-state index is -0.592. The molecule has 4 heterocycles. The van der Waals surface area contributed by atoms with Gasteiger partial charge in [-0.3, -0.25) is 25.1 Å². The van der Waals surface area contributed by atoms with E-state index in [0.29, 0.717) is 32.3 Å². The molecule has 0 bridgehead atoms. The maximum absolute atomic E-state index is 14.5. The van der Waals surface area contributed by atoms with E-state index in [9.17, 15) is 19.2 Å². The molecule has 4 fully saturated rings. The Morgan fingerprint density at radius 3 is 2.88 bits per heavy atom. The van der Waals surface area contributed by atoms with Crippen LogP contribution in [0.5, 0.6) is 0 Å². The van der Waals surface area contributed by atoms with Gasteiger partial charge in [-0.05, 0) is 75.9 Å². The van der Waals surface area contributed by atoms with Crippen molar-refractivity contribution in [1.82, 2.24) is 25.3 Å². The van der Waals surface area contributed by atoms with Crippen molar-refractivity contribution in [2.75, 3.05) is 39.8 Å². The molecule has 1 amide bonds. The number of carbonyl (C=O) groups is 2. The van der Waals surface area contributed by atoms with Gasteiger partial charge in [0.15, 0.2) is 12.1 Å². The number of likely N-dealkylation sites (tertiary alicyclic amines) is 1. The maximum atomic E-state index is 14.5. The molecule has 6 rings (SSSR count). The number of aryl methyl sites for hydroxylation is 1. The number of thioether (sulfide) groups is 1. The molecule has 2 N–H and O–H groups in total. The summed E-state index contributed by atoms with van der Waals surface area (Å²) >= 11 is 1.54. The normalized spacial score (nSPS) is 35.5. The molecule has 1 spiro atoms. The predicted molar refractivity (Wildman–Crippen MR) is 158 cm³/mol. The van der Waals surface area contributed by atoms with Crippen LogP contribution >= 0.6 is 11.8 Å². The third-order valence-corrected chi connectivity index (χ3v) is 11.7. The average molecular weight is 597 g/mol. The Morgan fingerprint density at radius 2 is 2.12 bits per heavy atom. The number of rotatable bonds is 6. The molecule has 1 saturated carbocycles. The van der Waals surface area contributed by atoms with Gasteiger partial charge >= 0.3 is 0 Å². The minimum Gasteiger partial charge on any atom is -0.348 e. The fraction of sp³-hybridized carbons (Fsp3) is 0.645. The summed E-state index contributed by atoms with van der Waals surface area (Å²) in [5, 5.41) is 16.7. The van der Waals surface area contributed by atoms with Gasteiger partial charge in [0, 0.05) is 36.5 Å². The van der Waals surface area contributed by atoms with Gasteiger partial charge in [-0.2, -0.15) is 5.26 Å². The summed E-state index contributed by atoms with van der Waals surface area (Å²) < 4.78 is 20.0. The Labute approximate surface area is 251 Å². The average Bonchev–Trinajstić information content (AvgIpc) is 3.41. The van der Waals surface area contributed by atoms with Gasteiger partial charge in [-0.1, -0.05) is 12.6 Å².